The first-order chi connectivity index (χ1) is 15.7. The Hall–Kier alpha value is -1.80. The standard InChI is InChI=1S/C31H40O2/c1-21-18-23-19-31(23)26(29(21,3)15-11-22-8-5-6-9-24(22)32)13-16-30(4)25-10-7-17-33-20-28(25,2)14-12-27(30)31/h5-10,18-19,25-27,32H,11-17,20H2,1-4H3. The zero-order valence-electron chi connectivity index (χ0n) is 20.9. The number of phenolic OH excluding ortho intramolecular Hbond substituents is 1. The van der Waals surface area contributed by atoms with E-state index in [4.69, 9.17) is 4.74 Å². The number of aryl methyl sites for hydroxylation is 1. The van der Waals surface area contributed by atoms with Gasteiger partial charge in [-0.2, -0.15) is 0 Å². The van der Waals surface area contributed by atoms with E-state index in [1.54, 1.807) is 11.1 Å². The van der Waals surface area contributed by atoms with Crippen LogP contribution in [0.1, 0.15) is 65.4 Å². The molecule has 2 fully saturated rings. The average molecular weight is 445 g/mol. The van der Waals surface area contributed by atoms with Gasteiger partial charge in [-0.25, -0.2) is 0 Å². The van der Waals surface area contributed by atoms with E-state index in [0.717, 1.165) is 37.5 Å². The summed E-state index contributed by atoms with van der Waals surface area (Å²) in [6, 6.07) is 7.90. The molecule has 0 bridgehead atoms. The Morgan fingerprint density at radius 2 is 1.85 bits per heavy atom. The number of hydrogen-bond donors (Lipinski definition) is 1. The van der Waals surface area contributed by atoms with E-state index in [0.29, 0.717) is 28.4 Å². The Labute approximate surface area is 199 Å². The summed E-state index contributed by atoms with van der Waals surface area (Å²) in [5, 5.41) is 10.4. The summed E-state index contributed by atoms with van der Waals surface area (Å²) in [4.78, 5) is 0. The van der Waals surface area contributed by atoms with E-state index in [1.165, 1.54) is 25.7 Å². The van der Waals surface area contributed by atoms with Crippen LogP contribution >= 0.6 is 0 Å². The molecule has 0 aromatic heterocycles. The van der Waals surface area contributed by atoms with Gasteiger partial charge in [0.05, 0.1) is 13.2 Å². The minimum absolute atomic E-state index is 0.184. The molecule has 6 rings (SSSR count). The van der Waals surface area contributed by atoms with Crippen LogP contribution in [-0.4, -0.2) is 18.3 Å². The smallest absolute Gasteiger partial charge is 0.118 e. The van der Waals surface area contributed by atoms with Crippen LogP contribution in [0.15, 0.2) is 59.7 Å². The number of fused-ring (bicyclic) bond motifs is 3. The second-order valence-electron chi connectivity index (χ2n) is 12.7. The van der Waals surface area contributed by atoms with Gasteiger partial charge in [0.25, 0.3) is 0 Å². The van der Waals surface area contributed by atoms with E-state index >= 15 is 0 Å². The van der Waals surface area contributed by atoms with E-state index in [1.807, 2.05) is 12.1 Å². The van der Waals surface area contributed by atoms with Gasteiger partial charge in [0.15, 0.2) is 0 Å². The topological polar surface area (TPSA) is 29.5 Å². The van der Waals surface area contributed by atoms with Crippen LogP contribution in [0.3, 0.4) is 0 Å². The number of aromatic hydroxyl groups is 1. The second-order valence-corrected chi connectivity index (χ2v) is 12.7. The Bertz CT molecular complexity index is 1060. The number of ether oxygens (including phenoxy) is 1. The fraction of sp³-hybridized carbons (Fsp3) is 0.613. The molecule has 1 aromatic rings. The minimum Gasteiger partial charge on any atom is -0.508 e. The second kappa shape index (κ2) is 7.11. The minimum atomic E-state index is 0.184. The van der Waals surface area contributed by atoms with Crippen molar-refractivity contribution in [3.8, 4) is 5.75 Å². The van der Waals surface area contributed by atoms with Gasteiger partial charge in [0, 0.05) is 5.41 Å². The fourth-order valence-corrected chi connectivity index (χ4v) is 9.19. The van der Waals surface area contributed by atoms with Crippen molar-refractivity contribution < 1.29 is 9.84 Å². The molecule has 2 saturated carbocycles. The largest absolute Gasteiger partial charge is 0.508 e. The molecular weight excluding hydrogens is 404 g/mol. The van der Waals surface area contributed by atoms with Crippen molar-refractivity contribution in [3.05, 3.63) is 65.3 Å². The predicted molar refractivity (Wildman–Crippen MR) is 134 cm³/mol. The van der Waals surface area contributed by atoms with Crippen molar-refractivity contribution in [1.82, 2.24) is 0 Å². The Morgan fingerprint density at radius 1 is 1.06 bits per heavy atom. The predicted octanol–water partition coefficient (Wildman–Crippen LogP) is 7.25. The molecule has 176 valence electrons. The quantitative estimate of drug-likeness (QED) is 0.497. The van der Waals surface area contributed by atoms with Crippen LogP contribution in [0.2, 0.25) is 0 Å². The summed E-state index contributed by atoms with van der Waals surface area (Å²) in [6.45, 7) is 11.7. The van der Waals surface area contributed by atoms with Crippen molar-refractivity contribution in [2.24, 2.45) is 39.4 Å². The summed E-state index contributed by atoms with van der Waals surface area (Å²) in [6.07, 6.45) is 17.3. The molecule has 1 spiro atoms. The van der Waals surface area contributed by atoms with Gasteiger partial charge in [-0.15, -0.1) is 0 Å². The van der Waals surface area contributed by atoms with Gasteiger partial charge in [-0.05, 0) is 96.7 Å². The number of benzene rings is 1. The van der Waals surface area contributed by atoms with Crippen LogP contribution in [-0.2, 0) is 11.2 Å². The highest BCUT2D eigenvalue weighted by molar-refractivity contribution is 5.56. The van der Waals surface area contributed by atoms with Crippen LogP contribution < -0.4 is 0 Å². The molecule has 0 saturated heterocycles. The first-order valence-corrected chi connectivity index (χ1v) is 13.2. The lowest BCUT2D eigenvalue weighted by molar-refractivity contribution is -0.136. The maximum Gasteiger partial charge on any atom is 0.118 e. The molecule has 0 radical (unpaired) electrons. The van der Waals surface area contributed by atoms with Gasteiger partial charge < -0.3 is 9.84 Å². The average Bonchev–Trinajstić information content (AvgIpc) is 3.51. The zero-order valence-corrected chi connectivity index (χ0v) is 20.9. The molecule has 7 atom stereocenters. The highest BCUT2D eigenvalue weighted by Gasteiger charge is 2.70. The number of rotatable bonds is 3. The molecule has 33 heavy (non-hydrogen) atoms. The van der Waals surface area contributed by atoms with Gasteiger partial charge in [0.1, 0.15) is 5.75 Å². The number of phenols is 1. The summed E-state index contributed by atoms with van der Waals surface area (Å²) < 4.78 is 6.03. The normalized spacial score (nSPS) is 45.5. The SMILES string of the molecule is CC1=CC2=CC23C(CCC2(C)C4C=CCOCC4(C)CCC23)C1(C)CCc1ccccc1O. The van der Waals surface area contributed by atoms with Gasteiger partial charge >= 0.3 is 0 Å². The molecule has 1 N–H and O–H groups in total. The zero-order chi connectivity index (χ0) is 23.1. The Kier molecular flexibility index (Phi) is 4.68. The van der Waals surface area contributed by atoms with Gasteiger partial charge in [0.2, 0.25) is 0 Å². The van der Waals surface area contributed by atoms with Crippen LogP contribution in [0.25, 0.3) is 0 Å². The number of hydrogen-bond acceptors (Lipinski definition) is 2. The molecule has 2 nitrogen and oxygen atoms in total. The third-order valence-corrected chi connectivity index (χ3v) is 11.1. The molecule has 0 amide bonds. The Morgan fingerprint density at radius 3 is 2.67 bits per heavy atom. The monoisotopic (exact) mass is 444 g/mol. The van der Waals surface area contributed by atoms with E-state index in [2.05, 4.69) is 64.1 Å². The van der Waals surface area contributed by atoms with E-state index in [9.17, 15) is 5.11 Å². The lowest BCUT2D eigenvalue weighted by Crippen LogP contribution is -2.58. The van der Waals surface area contributed by atoms with E-state index in [-0.39, 0.29) is 10.8 Å². The summed E-state index contributed by atoms with van der Waals surface area (Å²) in [5.41, 5.74) is 5.36. The summed E-state index contributed by atoms with van der Waals surface area (Å²) >= 11 is 0. The highest BCUT2D eigenvalue weighted by atomic mass is 16.5. The molecular formula is C31H40O2. The summed E-state index contributed by atoms with van der Waals surface area (Å²) in [7, 11) is 0. The lowest BCUT2D eigenvalue weighted by Gasteiger charge is -2.64. The van der Waals surface area contributed by atoms with Crippen molar-refractivity contribution in [2.45, 2.75) is 66.2 Å². The number of allylic oxidation sites excluding steroid dienone is 5. The fourth-order valence-electron chi connectivity index (χ4n) is 9.19. The van der Waals surface area contributed by atoms with E-state index < -0.39 is 0 Å². The maximum absolute atomic E-state index is 10.4. The summed E-state index contributed by atoms with van der Waals surface area (Å²) in [5.74, 6) is 2.47. The third kappa shape index (κ3) is 2.89. The first kappa shape index (κ1) is 21.7. The molecule has 1 aromatic carbocycles. The first-order valence-electron chi connectivity index (χ1n) is 13.2. The van der Waals surface area contributed by atoms with Crippen molar-refractivity contribution in [2.75, 3.05) is 13.2 Å². The van der Waals surface area contributed by atoms with Crippen LogP contribution in [0, 0.1) is 39.4 Å². The van der Waals surface area contributed by atoms with Gasteiger partial charge in [-0.3, -0.25) is 0 Å². The molecule has 5 aliphatic rings. The van der Waals surface area contributed by atoms with Crippen LogP contribution in [0.5, 0.6) is 5.75 Å². The lowest BCUT2D eigenvalue weighted by atomic mass is 9.39. The number of para-hydroxylation sites is 1. The van der Waals surface area contributed by atoms with Crippen molar-refractivity contribution in [1.29, 1.82) is 0 Å². The van der Waals surface area contributed by atoms with Crippen LogP contribution in [0.4, 0.5) is 0 Å². The molecule has 7 unspecified atom stereocenters. The third-order valence-electron chi connectivity index (χ3n) is 11.1. The molecule has 4 aliphatic carbocycles. The molecule has 1 heterocycles. The molecule has 1 aliphatic heterocycles. The maximum atomic E-state index is 10.4. The van der Waals surface area contributed by atoms with Gasteiger partial charge in [-0.1, -0.05) is 68.8 Å². The van der Waals surface area contributed by atoms with Crippen molar-refractivity contribution in [3.63, 3.8) is 0 Å². The van der Waals surface area contributed by atoms with Crippen molar-refractivity contribution >= 4 is 0 Å². The highest BCUT2D eigenvalue weighted by Crippen LogP contribution is 2.77. The molecule has 2 heteroatoms. The Balaban J connectivity index is 1.34.